The number of fused-ring (bicyclic) bond motifs is 1. The quantitative estimate of drug-likeness (QED) is 0.585. The zero-order valence-corrected chi connectivity index (χ0v) is 15.5. The van der Waals surface area contributed by atoms with Crippen molar-refractivity contribution in [3.63, 3.8) is 0 Å². The summed E-state index contributed by atoms with van der Waals surface area (Å²) in [4.78, 5) is 16.3. The van der Waals surface area contributed by atoms with Gasteiger partial charge in [-0.15, -0.1) is 11.3 Å². The highest BCUT2D eigenvalue weighted by atomic mass is 35.5. The van der Waals surface area contributed by atoms with Crippen LogP contribution in [-0.2, 0) is 6.42 Å². The Morgan fingerprint density at radius 2 is 1.92 bits per heavy atom. The average Bonchev–Trinajstić information content (AvgIpc) is 2.95. The minimum Gasteiger partial charge on any atom is -0.337 e. The number of urea groups is 1. The van der Waals surface area contributed by atoms with Crippen molar-refractivity contribution in [2.24, 2.45) is 0 Å². The molecule has 0 aliphatic carbocycles. The van der Waals surface area contributed by atoms with E-state index < -0.39 is 0 Å². The van der Waals surface area contributed by atoms with E-state index in [-0.39, 0.29) is 6.03 Å². The first kappa shape index (κ1) is 17.4. The van der Waals surface area contributed by atoms with Crippen LogP contribution in [0.25, 0.3) is 10.2 Å². The average molecular weight is 398 g/mol. The number of hydrogen-bond acceptors (Lipinski definition) is 4. The van der Waals surface area contributed by atoms with E-state index in [1.165, 1.54) is 11.9 Å². The van der Waals surface area contributed by atoms with Crippen LogP contribution < -0.4 is 10.0 Å². The number of thiazole rings is 1. The molecule has 124 valence electrons. The fraction of sp³-hybridized carbons (Fsp3) is 0.125. The standard InChI is InChI=1S/C16H13Cl2N3OS2/c17-11-7-10(8-12(18)9-11)5-6-19-15(22)21-24-16-20-13-3-1-2-4-14(13)23-16/h1-4,7-9H,5-6H2,(H2,19,21,22). The van der Waals surface area contributed by atoms with Gasteiger partial charge < -0.3 is 5.32 Å². The molecule has 0 saturated heterocycles. The van der Waals surface area contributed by atoms with Gasteiger partial charge in [0.2, 0.25) is 0 Å². The Bertz CT molecular complexity index is 816. The van der Waals surface area contributed by atoms with E-state index >= 15 is 0 Å². The second-order valence-corrected chi connectivity index (χ2v) is 7.89. The Labute approximate surface area is 157 Å². The topological polar surface area (TPSA) is 54.0 Å². The Morgan fingerprint density at radius 1 is 1.17 bits per heavy atom. The Morgan fingerprint density at radius 3 is 2.67 bits per heavy atom. The molecule has 3 rings (SSSR count). The van der Waals surface area contributed by atoms with Crippen molar-refractivity contribution < 1.29 is 4.79 Å². The zero-order valence-electron chi connectivity index (χ0n) is 12.4. The van der Waals surface area contributed by atoms with E-state index in [2.05, 4.69) is 15.0 Å². The summed E-state index contributed by atoms with van der Waals surface area (Å²) in [5.74, 6) is 0. The van der Waals surface area contributed by atoms with Crippen LogP contribution in [0.2, 0.25) is 10.0 Å². The fourth-order valence-corrected chi connectivity index (χ4v) is 4.32. The summed E-state index contributed by atoms with van der Waals surface area (Å²) >= 11 is 14.7. The molecular weight excluding hydrogens is 385 g/mol. The molecule has 0 saturated carbocycles. The molecule has 1 heterocycles. The minimum absolute atomic E-state index is 0.257. The van der Waals surface area contributed by atoms with Crippen molar-refractivity contribution in [1.82, 2.24) is 15.0 Å². The summed E-state index contributed by atoms with van der Waals surface area (Å²) in [6.45, 7) is 0.489. The van der Waals surface area contributed by atoms with Crippen LogP contribution in [0, 0.1) is 0 Å². The molecule has 0 radical (unpaired) electrons. The number of amides is 2. The van der Waals surface area contributed by atoms with Gasteiger partial charge in [0.25, 0.3) is 0 Å². The normalized spacial score (nSPS) is 10.8. The highest BCUT2D eigenvalue weighted by Crippen LogP contribution is 2.27. The van der Waals surface area contributed by atoms with Gasteiger partial charge in [0.15, 0.2) is 4.34 Å². The van der Waals surface area contributed by atoms with Gasteiger partial charge in [-0.1, -0.05) is 35.3 Å². The van der Waals surface area contributed by atoms with Gasteiger partial charge in [0.05, 0.1) is 10.2 Å². The predicted octanol–water partition coefficient (Wildman–Crippen LogP) is 5.15. The zero-order chi connectivity index (χ0) is 16.9. The smallest absolute Gasteiger partial charge is 0.325 e. The second-order valence-electron chi connectivity index (χ2n) is 4.94. The lowest BCUT2D eigenvalue weighted by atomic mass is 10.1. The molecule has 8 heteroatoms. The number of nitrogens with zero attached hydrogens (tertiary/aromatic N) is 1. The van der Waals surface area contributed by atoms with Crippen LogP contribution in [0.3, 0.4) is 0 Å². The van der Waals surface area contributed by atoms with E-state index in [0.29, 0.717) is 23.0 Å². The van der Waals surface area contributed by atoms with E-state index in [9.17, 15) is 4.79 Å². The first-order valence-corrected chi connectivity index (χ1v) is 9.50. The maximum Gasteiger partial charge on any atom is 0.325 e. The summed E-state index contributed by atoms with van der Waals surface area (Å²) in [5, 5.41) is 3.98. The lowest BCUT2D eigenvalue weighted by Crippen LogP contribution is -2.32. The molecule has 0 aliphatic heterocycles. The molecule has 2 N–H and O–H groups in total. The Balaban J connectivity index is 1.45. The number of benzene rings is 2. The third-order valence-electron chi connectivity index (χ3n) is 3.13. The summed E-state index contributed by atoms with van der Waals surface area (Å²) in [6, 6.07) is 13.0. The van der Waals surface area contributed by atoms with Gasteiger partial charge >= 0.3 is 6.03 Å². The Hall–Kier alpha value is -1.47. The number of halogens is 2. The number of nitrogens with one attached hydrogen (secondary N) is 2. The SMILES string of the molecule is O=C(NCCc1cc(Cl)cc(Cl)c1)NSc1nc2ccccc2s1. The molecule has 1 aromatic heterocycles. The molecule has 0 atom stereocenters. The van der Waals surface area contributed by atoms with Gasteiger partial charge in [-0.3, -0.25) is 4.72 Å². The van der Waals surface area contributed by atoms with Crippen LogP contribution in [0.1, 0.15) is 5.56 Å². The van der Waals surface area contributed by atoms with Crippen LogP contribution >= 0.6 is 46.5 Å². The number of rotatable bonds is 5. The van der Waals surface area contributed by atoms with Gasteiger partial charge in [0.1, 0.15) is 0 Å². The second kappa shape index (κ2) is 8.07. The number of carbonyl (C=O) groups excluding carboxylic acids is 1. The van der Waals surface area contributed by atoms with Crippen molar-refractivity contribution in [2.45, 2.75) is 10.8 Å². The van der Waals surface area contributed by atoms with Crippen LogP contribution in [0.4, 0.5) is 4.79 Å². The Kier molecular flexibility index (Phi) is 5.84. The van der Waals surface area contributed by atoms with E-state index in [1.54, 1.807) is 17.4 Å². The molecule has 0 unspecified atom stereocenters. The third kappa shape index (κ3) is 4.77. The van der Waals surface area contributed by atoms with Crippen molar-refractivity contribution in [2.75, 3.05) is 6.54 Å². The molecule has 2 amide bonds. The minimum atomic E-state index is -0.257. The maximum atomic E-state index is 11.8. The van der Waals surface area contributed by atoms with E-state index in [0.717, 1.165) is 20.1 Å². The summed E-state index contributed by atoms with van der Waals surface area (Å²) < 4.78 is 4.63. The first-order chi connectivity index (χ1) is 11.6. The monoisotopic (exact) mass is 397 g/mol. The summed E-state index contributed by atoms with van der Waals surface area (Å²) in [5.41, 5.74) is 1.91. The van der Waals surface area contributed by atoms with Gasteiger partial charge in [-0.2, -0.15) is 0 Å². The molecule has 24 heavy (non-hydrogen) atoms. The highest BCUT2D eigenvalue weighted by molar-refractivity contribution is 7.99. The molecule has 4 nitrogen and oxygen atoms in total. The third-order valence-corrected chi connectivity index (χ3v) is 5.45. The number of hydrogen-bond donors (Lipinski definition) is 2. The van der Waals surface area contributed by atoms with Crippen LogP contribution in [-0.4, -0.2) is 17.6 Å². The number of para-hydroxylation sites is 1. The number of aromatic nitrogens is 1. The van der Waals surface area contributed by atoms with E-state index in [4.69, 9.17) is 23.2 Å². The summed E-state index contributed by atoms with van der Waals surface area (Å²) in [7, 11) is 0. The fourth-order valence-electron chi connectivity index (χ4n) is 2.10. The van der Waals surface area contributed by atoms with Crippen molar-refractivity contribution in [3.8, 4) is 0 Å². The molecule has 0 aliphatic rings. The molecule has 0 fully saturated rings. The van der Waals surface area contributed by atoms with Crippen molar-refractivity contribution >= 4 is 62.7 Å². The molecule has 0 bridgehead atoms. The lowest BCUT2D eigenvalue weighted by molar-refractivity contribution is 0.246. The van der Waals surface area contributed by atoms with Crippen LogP contribution in [0.15, 0.2) is 46.8 Å². The molecular formula is C16H13Cl2N3OS2. The van der Waals surface area contributed by atoms with Crippen LogP contribution in [0.5, 0.6) is 0 Å². The molecule has 2 aromatic carbocycles. The van der Waals surface area contributed by atoms with E-state index in [1.807, 2.05) is 36.4 Å². The lowest BCUT2D eigenvalue weighted by Gasteiger charge is -2.06. The van der Waals surface area contributed by atoms with Gasteiger partial charge in [-0.25, -0.2) is 9.78 Å². The maximum absolute atomic E-state index is 11.8. The molecule has 3 aromatic rings. The highest BCUT2D eigenvalue weighted by Gasteiger charge is 2.06. The van der Waals surface area contributed by atoms with Gasteiger partial charge in [0, 0.05) is 28.5 Å². The number of carbonyl (C=O) groups is 1. The van der Waals surface area contributed by atoms with Crippen molar-refractivity contribution in [3.05, 3.63) is 58.1 Å². The first-order valence-electron chi connectivity index (χ1n) is 7.11. The largest absolute Gasteiger partial charge is 0.337 e. The molecule has 0 spiro atoms. The van der Waals surface area contributed by atoms with Gasteiger partial charge in [-0.05, 0) is 42.3 Å². The predicted molar refractivity (Wildman–Crippen MR) is 102 cm³/mol. The summed E-state index contributed by atoms with van der Waals surface area (Å²) in [6.07, 6.45) is 0.652. The van der Waals surface area contributed by atoms with Crippen molar-refractivity contribution in [1.29, 1.82) is 0 Å².